The maximum Gasteiger partial charge on any atom is 0.129 e. The number of hydrogen-bond donors (Lipinski definition) is 1. The fourth-order valence-electron chi connectivity index (χ4n) is 2.04. The number of rotatable bonds is 5. The maximum absolute atomic E-state index is 8.87. The van der Waals surface area contributed by atoms with Crippen LogP contribution in [0.5, 0.6) is 0 Å². The minimum atomic E-state index is -0.00760. The van der Waals surface area contributed by atoms with Gasteiger partial charge >= 0.3 is 0 Å². The van der Waals surface area contributed by atoms with E-state index in [-0.39, 0.29) is 6.61 Å². The Morgan fingerprint density at radius 1 is 1.40 bits per heavy atom. The molecule has 0 unspecified atom stereocenters. The van der Waals surface area contributed by atoms with Crippen LogP contribution in [0.25, 0.3) is 0 Å². The summed E-state index contributed by atoms with van der Waals surface area (Å²) in [5.41, 5.74) is 0. The molecule has 15 heavy (non-hydrogen) atoms. The minimum absolute atomic E-state index is 0.00760. The number of furan rings is 1. The summed E-state index contributed by atoms with van der Waals surface area (Å²) in [4.78, 5) is 2.30. The molecule has 1 aliphatic rings. The number of nitrogens with zero attached hydrogens (tertiary/aromatic N) is 1. The second kappa shape index (κ2) is 4.81. The first-order valence-corrected chi connectivity index (χ1v) is 5.65. The third kappa shape index (κ3) is 2.83. The van der Waals surface area contributed by atoms with Crippen LogP contribution in [0.2, 0.25) is 0 Å². The number of aliphatic hydroxyl groups excluding tert-OH is 1. The Hall–Kier alpha value is -0.800. The van der Waals surface area contributed by atoms with E-state index >= 15 is 0 Å². The minimum Gasteiger partial charge on any atom is -0.462 e. The largest absolute Gasteiger partial charge is 0.462 e. The Morgan fingerprint density at radius 3 is 2.67 bits per heavy atom. The van der Waals surface area contributed by atoms with Gasteiger partial charge in [-0.1, -0.05) is 6.42 Å². The van der Waals surface area contributed by atoms with Crippen LogP contribution in [-0.2, 0) is 13.2 Å². The van der Waals surface area contributed by atoms with Gasteiger partial charge in [0.1, 0.15) is 18.1 Å². The average molecular weight is 209 g/mol. The van der Waals surface area contributed by atoms with E-state index in [0.29, 0.717) is 5.76 Å². The highest BCUT2D eigenvalue weighted by molar-refractivity contribution is 5.06. The van der Waals surface area contributed by atoms with Crippen LogP contribution >= 0.6 is 0 Å². The van der Waals surface area contributed by atoms with Crippen LogP contribution in [0.4, 0.5) is 0 Å². The molecule has 1 fully saturated rings. The standard InChI is InChI=1S/C12H19NO2/c1-13(7-10-3-2-4-10)8-11-5-6-12(9-14)15-11/h5-6,10,14H,2-4,7-9H2,1H3. The van der Waals surface area contributed by atoms with Crippen LogP contribution in [0.3, 0.4) is 0 Å². The van der Waals surface area contributed by atoms with Gasteiger partial charge in [0.15, 0.2) is 0 Å². The molecule has 1 heterocycles. The summed E-state index contributed by atoms with van der Waals surface area (Å²) in [5.74, 6) is 2.49. The zero-order chi connectivity index (χ0) is 10.7. The number of hydrogen-bond acceptors (Lipinski definition) is 3. The van der Waals surface area contributed by atoms with Gasteiger partial charge in [0, 0.05) is 6.54 Å². The molecule has 0 spiro atoms. The zero-order valence-corrected chi connectivity index (χ0v) is 9.28. The predicted octanol–water partition coefficient (Wildman–Crippen LogP) is 2.00. The third-order valence-corrected chi connectivity index (χ3v) is 3.09. The molecule has 1 aromatic heterocycles. The summed E-state index contributed by atoms with van der Waals surface area (Å²) < 4.78 is 5.45. The van der Waals surface area contributed by atoms with E-state index in [1.165, 1.54) is 19.3 Å². The van der Waals surface area contributed by atoms with E-state index in [4.69, 9.17) is 9.52 Å². The van der Waals surface area contributed by atoms with Gasteiger partial charge in [-0.15, -0.1) is 0 Å². The second-order valence-corrected chi connectivity index (χ2v) is 4.52. The molecule has 0 bridgehead atoms. The quantitative estimate of drug-likeness (QED) is 0.806. The van der Waals surface area contributed by atoms with E-state index in [2.05, 4.69) is 11.9 Å². The third-order valence-electron chi connectivity index (χ3n) is 3.09. The topological polar surface area (TPSA) is 36.6 Å². The summed E-state index contributed by atoms with van der Waals surface area (Å²) in [6.45, 7) is 2.00. The molecular formula is C12H19NO2. The SMILES string of the molecule is CN(Cc1ccc(CO)o1)CC1CCC1. The molecule has 0 aromatic carbocycles. The van der Waals surface area contributed by atoms with E-state index in [1.54, 1.807) is 0 Å². The lowest BCUT2D eigenvalue weighted by Crippen LogP contribution is -2.28. The fourth-order valence-corrected chi connectivity index (χ4v) is 2.04. The predicted molar refractivity (Wildman–Crippen MR) is 58.3 cm³/mol. The summed E-state index contributed by atoms with van der Waals surface area (Å²) >= 11 is 0. The number of aliphatic hydroxyl groups is 1. The summed E-state index contributed by atoms with van der Waals surface area (Å²) in [6.07, 6.45) is 4.16. The van der Waals surface area contributed by atoms with Crippen molar-refractivity contribution in [3.05, 3.63) is 23.7 Å². The van der Waals surface area contributed by atoms with Crippen molar-refractivity contribution >= 4 is 0 Å². The van der Waals surface area contributed by atoms with Crippen molar-refractivity contribution in [2.45, 2.75) is 32.4 Å². The van der Waals surface area contributed by atoms with Gasteiger partial charge in [-0.2, -0.15) is 0 Å². The van der Waals surface area contributed by atoms with Gasteiger partial charge in [-0.25, -0.2) is 0 Å². The second-order valence-electron chi connectivity index (χ2n) is 4.52. The first-order chi connectivity index (χ1) is 7.28. The molecule has 0 amide bonds. The van der Waals surface area contributed by atoms with Crippen molar-refractivity contribution < 1.29 is 9.52 Å². The van der Waals surface area contributed by atoms with Gasteiger partial charge in [0.2, 0.25) is 0 Å². The molecule has 0 saturated heterocycles. The molecule has 1 aliphatic carbocycles. The summed E-state index contributed by atoms with van der Waals surface area (Å²) in [5, 5.41) is 8.87. The first-order valence-electron chi connectivity index (χ1n) is 5.65. The van der Waals surface area contributed by atoms with Crippen molar-refractivity contribution in [3.63, 3.8) is 0 Å². The molecule has 1 aromatic rings. The van der Waals surface area contributed by atoms with Crippen molar-refractivity contribution in [2.75, 3.05) is 13.6 Å². The monoisotopic (exact) mass is 209 g/mol. The molecule has 3 heteroatoms. The van der Waals surface area contributed by atoms with Crippen molar-refractivity contribution in [3.8, 4) is 0 Å². The van der Waals surface area contributed by atoms with E-state index in [0.717, 1.165) is 24.8 Å². The van der Waals surface area contributed by atoms with Gasteiger partial charge < -0.3 is 9.52 Å². The zero-order valence-electron chi connectivity index (χ0n) is 9.28. The molecule has 0 radical (unpaired) electrons. The van der Waals surface area contributed by atoms with Gasteiger partial charge in [0.05, 0.1) is 6.54 Å². The van der Waals surface area contributed by atoms with Gasteiger partial charge in [0.25, 0.3) is 0 Å². The van der Waals surface area contributed by atoms with Crippen LogP contribution < -0.4 is 0 Å². The van der Waals surface area contributed by atoms with Crippen molar-refractivity contribution in [1.82, 2.24) is 4.90 Å². The highest BCUT2D eigenvalue weighted by Gasteiger charge is 2.19. The first kappa shape index (κ1) is 10.7. The van der Waals surface area contributed by atoms with Gasteiger partial charge in [-0.3, -0.25) is 4.90 Å². The molecule has 0 atom stereocenters. The molecule has 3 nitrogen and oxygen atoms in total. The smallest absolute Gasteiger partial charge is 0.129 e. The van der Waals surface area contributed by atoms with E-state index in [1.807, 2.05) is 12.1 Å². The van der Waals surface area contributed by atoms with E-state index in [9.17, 15) is 0 Å². The van der Waals surface area contributed by atoms with Gasteiger partial charge in [-0.05, 0) is 37.9 Å². The summed E-state index contributed by atoms with van der Waals surface area (Å²) in [6, 6.07) is 3.79. The normalized spacial score (nSPS) is 17.0. The fraction of sp³-hybridized carbons (Fsp3) is 0.667. The lowest BCUT2D eigenvalue weighted by atomic mass is 9.85. The molecule has 2 rings (SSSR count). The Bertz CT molecular complexity index is 304. The average Bonchev–Trinajstić information content (AvgIpc) is 2.59. The van der Waals surface area contributed by atoms with Crippen LogP contribution in [0, 0.1) is 5.92 Å². The Labute approximate surface area is 90.7 Å². The molecule has 84 valence electrons. The van der Waals surface area contributed by atoms with Crippen molar-refractivity contribution in [2.24, 2.45) is 5.92 Å². The molecule has 0 aliphatic heterocycles. The lowest BCUT2D eigenvalue weighted by molar-refractivity contribution is 0.185. The lowest BCUT2D eigenvalue weighted by Gasteiger charge is -2.29. The Kier molecular flexibility index (Phi) is 3.44. The molecule has 1 N–H and O–H groups in total. The highest BCUT2D eigenvalue weighted by atomic mass is 16.4. The van der Waals surface area contributed by atoms with Crippen LogP contribution in [0.1, 0.15) is 30.8 Å². The Morgan fingerprint density at radius 2 is 2.13 bits per heavy atom. The molecule has 1 saturated carbocycles. The molecular weight excluding hydrogens is 190 g/mol. The Balaban J connectivity index is 1.79. The highest BCUT2D eigenvalue weighted by Crippen LogP contribution is 2.27. The van der Waals surface area contributed by atoms with Crippen LogP contribution in [0.15, 0.2) is 16.5 Å². The van der Waals surface area contributed by atoms with E-state index < -0.39 is 0 Å². The van der Waals surface area contributed by atoms with Crippen LogP contribution in [-0.4, -0.2) is 23.6 Å². The van der Waals surface area contributed by atoms with Crippen molar-refractivity contribution in [1.29, 1.82) is 0 Å². The maximum atomic E-state index is 8.87. The summed E-state index contributed by atoms with van der Waals surface area (Å²) in [7, 11) is 2.12.